The van der Waals surface area contributed by atoms with Crippen LogP contribution >= 0.6 is 15.9 Å². The number of alkyl halides is 3. The molecule has 0 heterocycles. The van der Waals surface area contributed by atoms with Crippen molar-refractivity contribution in [1.82, 2.24) is 0 Å². The smallest absolute Gasteiger partial charge is 0.384 e. The van der Waals surface area contributed by atoms with Crippen molar-refractivity contribution in [3.8, 4) is 6.07 Å². The van der Waals surface area contributed by atoms with Crippen molar-refractivity contribution < 1.29 is 13.2 Å². The van der Waals surface area contributed by atoms with Crippen LogP contribution in [0.2, 0.25) is 0 Å². The number of benzene rings is 1. The SMILES string of the molecule is N#Cc1ccc(Br)cc1NCCCC(F)(F)F. The van der Waals surface area contributed by atoms with Gasteiger partial charge in [0.25, 0.3) is 0 Å². The molecule has 0 fully saturated rings. The quantitative estimate of drug-likeness (QED) is 0.851. The van der Waals surface area contributed by atoms with Gasteiger partial charge in [0, 0.05) is 17.4 Å². The lowest BCUT2D eigenvalue weighted by Crippen LogP contribution is -2.11. The first-order valence-corrected chi connectivity index (χ1v) is 5.72. The van der Waals surface area contributed by atoms with Gasteiger partial charge in [-0.25, -0.2) is 0 Å². The number of nitrogens with zero attached hydrogens (tertiary/aromatic N) is 1. The van der Waals surface area contributed by atoms with Gasteiger partial charge in [-0.1, -0.05) is 15.9 Å². The molecule has 0 saturated carbocycles. The zero-order chi connectivity index (χ0) is 12.9. The first kappa shape index (κ1) is 13.8. The molecule has 0 radical (unpaired) electrons. The summed E-state index contributed by atoms with van der Waals surface area (Å²) < 4.78 is 36.5. The van der Waals surface area contributed by atoms with Crippen LogP contribution in [0.3, 0.4) is 0 Å². The highest BCUT2D eigenvalue weighted by molar-refractivity contribution is 9.10. The number of rotatable bonds is 4. The van der Waals surface area contributed by atoms with Crippen LogP contribution in [0.1, 0.15) is 18.4 Å². The van der Waals surface area contributed by atoms with Gasteiger partial charge in [0.05, 0.1) is 11.3 Å². The summed E-state index contributed by atoms with van der Waals surface area (Å²) in [4.78, 5) is 0. The summed E-state index contributed by atoms with van der Waals surface area (Å²) in [5.41, 5.74) is 0.962. The maximum atomic E-state index is 11.9. The maximum Gasteiger partial charge on any atom is 0.389 e. The van der Waals surface area contributed by atoms with E-state index in [-0.39, 0.29) is 13.0 Å². The fraction of sp³-hybridized carbons (Fsp3) is 0.364. The number of nitriles is 1. The summed E-state index contributed by atoms with van der Waals surface area (Å²) in [6.45, 7) is 0.185. The Labute approximate surface area is 106 Å². The van der Waals surface area contributed by atoms with Crippen molar-refractivity contribution in [2.75, 3.05) is 11.9 Å². The molecule has 0 aromatic heterocycles. The van der Waals surface area contributed by atoms with Crippen molar-refractivity contribution >= 4 is 21.6 Å². The number of halogens is 4. The van der Waals surface area contributed by atoms with Crippen LogP contribution in [0.5, 0.6) is 0 Å². The Bertz CT molecular complexity index is 424. The third-order valence-electron chi connectivity index (χ3n) is 2.05. The molecule has 6 heteroatoms. The van der Waals surface area contributed by atoms with E-state index >= 15 is 0 Å². The summed E-state index contributed by atoms with van der Waals surface area (Å²) in [6.07, 6.45) is -4.96. The number of anilines is 1. The van der Waals surface area contributed by atoms with Gasteiger partial charge in [0.1, 0.15) is 6.07 Å². The van der Waals surface area contributed by atoms with Gasteiger partial charge >= 0.3 is 6.18 Å². The maximum absolute atomic E-state index is 11.9. The third-order valence-corrected chi connectivity index (χ3v) is 2.55. The number of hydrogen-bond donors (Lipinski definition) is 1. The Morgan fingerprint density at radius 1 is 1.35 bits per heavy atom. The summed E-state index contributed by atoms with van der Waals surface area (Å²) in [6, 6.07) is 6.96. The minimum atomic E-state index is -4.13. The van der Waals surface area contributed by atoms with Crippen molar-refractivity contribution in [3.05, 3.63) is 28.2 Å². The molecule has 1 rings (SSSR count). The minimum Gasteiger partial charge on any atom is -0.384 e. The summed E-state index contributed by atoms with van der Waals surface area (Å²) >= 11 is 3.24. The molecule has 2 nitrogen and oxygen atoms in total. The molecule has 0 spiro atoms. The first-order chi connectivity index (χ1) is 7.92. The zero-order valence-corrected chi connectivity index (χ0v) is 10.4. The van der Waals surface area contributed by atoms with Crippen LogP contribution in [0.25, 0.3) is 0 Å². The van der Waals surface area contributed by atoms with E-state index in [1.54, 1.807) is 18.2 Å². The summed E-state index contributed by atoms with van der Waals surface area (Å²) in [5, 5.41) is 11.6. The van der Waals surface area contributed by atoms with Crippen molar-refractivity contribution in [2.24, 2.45) is 0 Å². The average molecular weight is 307 g/mol. The second kappa shape index (κ2) is 5.92. The Morgan fingerprint density at radius 3 is 2.65 bits per heavy atom. The molecule has 92 valence electrons. The van der Waals surface area contributed by atoms with E-state index in [2.05, 4.69) is 21.2 Å². The molecule has 1 aromatic rings. The lowest BCUT2D eigenvalue weighted by molar-refractivity contribution is -0.134. The molecule has 0 atom stereocenters. The average Bonchev–Trinajstić information content (AvgIpc) is 2.23. The van der Waals surface area contributed by atoms with Crippen LogP contribution in [0.15, 0.2) is 22.7 Å². The first-order valence-electron chi connectivity index (χ1n) is 4.92. The van der Waals surface area contributed by atoms with Gasteiger partial charge in [0.2, 0.25) is 0 Å². The molecule has 1 N–H and O–H groups in total. The largest absolute Gasteiger partial charge is 0.389 e. The lowest BCUT2D eigenvalue weighted by atomic mass is 10.2. The normalized spacial score (nSPS) is 11.0. The summed E-state index contributed by atoms with van der Waals surface area (Å²) in [5.74, 6) is 0. The van der Waals surface area contributed by atoms with Crippen LogP contribution in [-0.2, 0) is 0 Å². The van der Waals surface area contributed by atoms with Crippen LogP contribution in [0.4, 0.5) is 18.9 Å². The topological polar surface area (TPSA) is 35.8 Å². The van der Waals surface area contributed by atoms with Gasteiger partial charge in [-0.05, 0) is 24.6 Å². The van der Waals surface area contributed by atoms with Crippen molar-refractivity contribution in [2.45, 2.75) is 19.0 Å². The lowest BCUT2D eigenvalue weighted by Gasteiger charge is -2.09. The van der Waals surface area contributed by atoms with Gasteiger partial charge in [0.15, 0.2) is 0 Å². The third kappa shape index (κ3) is 5.09. The summed E-state index contributed by atoms with van der Waals surface area (Å²) in [7, 11) is 0. The molecule has 0 aliphatic carbocycles. The Hall–Kier alpha value is -1.22. The van der Waals surface area contributed by atoms with E-state index in [0.717, 1.165) is 4.47 Å². The monoisotopic (exact) mass is 306 g/mol. The molecule has 0 bridgehead atoms. The highest BCUT2D eigenvalue weighted by Gasteiger charge is 2.25. The predicted octanol–water partition coefficient (Wildman–Crippen LogP) is 4.08. The van der Waals surface area contributed by atoms with E-state index < -0.39 is 12.6 Å². The number of nitrogens with one attached hydrogen (secondary N) is 1. The van der Waals surface area contributed by atoms with Gasteiger partial charge in [-0.2, -0.15) is 18.4 Å². The second-order valence-corrected chi connectivity index (χ2v) is 4.36. The molecule has 17 heavy (non-hydrogen) atoms. The molecule has 1 aromatic carbocycles. The van der Waals surface area contributed by atoms with E-state index in [1.807, 2.05) is 6.07 Å². The van der Waals surface area contributed by atoms with Crippen molar-refractivity contribution in [1.29, 1.82) is 5.26 Å². The predicted molar refractivity (Wildman–Crippen MR) is 62.6 cm³/mol. The van der Waals surface area contributed by atoms with Gasteiger partial charge < -0.3 is 5.32 Å². The molecule has 0 amide bonds. The van der Waals surface area contributed by atoms with Crippen molar-refractivity contribution in [3.63, 3.8) is 0 Å². The van der Waals surface area contributed by atoms with E-state index in [1.165, 1.54) is 0 Å². The van der Waals surface area contributed by atoms with E-state index in [0.29, 0.717) is 11.3 Å². The van der Waals surface area contributed by atoms with Crippen LogP contribution < -0.4 is 5.32 Å². The second-order valence-electron chi connectivity index (χ2n) is 3.45. The van der Waals surface area contributed by atoms with E-state index in [9.17, 15) is 13.2 Å². The molecular formula is C11H10BrF3N2. The van der Waals surface area contributed by atoms with E-state index in [4.69, 9.17) is 5.26 Å². The highest BCUT2D eigenvalue weighted by Crippen LogP contribution is 2.23. The Balaban J connectivity index is 2.52. The molecular weight excluding hydrogens is 297 g/mol. The van der Waals surface area contributed by atoms with Gasteiger partial charge in [-0.15, -0.1) is 0 Å². The zero-order valence-electron chi connectivity index (χ0n) is 8.81. The molecule has 0 unspecified atom stereocenters. The van der Waals surface area contributed by atoms with Crippen LogP contribution in [-0.4, -0.2) is 12.7 Å². The standard InChI is InChI=1S/C11H10BrF3N2/c12-9-3-2-8(7-16)10(6-9)17-5-1-4-11(13,14)15/h2-3,6,17H,1,4-5H2. The molecule has 0 saturated heterocycles. The Morgan fingerprint density at radius 2 is 2.06 bits per heavy atom. The van der Waals surface area contributed by atoms with Gasteiger partial charge in [-0.3, -0.25) is 0 Å². The minimum absolute atomic E-state index is 0.0130. The fourth-order valence-corrected chi connectivity index (χ4v) is 1.63. The fourth-order valence-electron chi connectivity index (χ4n) is 1.27. The Kier molecular flexibility index (Phi) is 4.82. The molecule has 0 aliphatic rings. The van der Waals surface area contributed by atoms with Crippen LogP contribution in [0, 0.1) is 11.3 Å². The molecule has 0 aliphatic heterocycles. The number of hydrogen-bond acceptors (Lipinski definition) is 2. The highest BCUT2D eigenvalue weighted by atomic mass is 79.9.